The monoisotopic (exact) mass is 425 g/mol. The SMILES string of the molecule is CCN(CC)CCN(C(=O)C1=COCCO1)c1nc2c(OC)ccc(Cl)c2s1. The first-order valence-corrected chi connectivity index (χ1v) is 10.4. The number of methoxy groups -OCH3 is 1. The van der Waals surface area contributed by atoms with Crippen LogP contribution in [0.15, 0.2) is 24.2 Å². The molecule has 0 spiro atoms. The highest BCUT2D eigenvalue weighted by Crippen LogP contribution is 2.39. The third-order valence-electron chi connectivity index (χ3n) is 4.54. The van der Waals surface area contributed by atoms with Gasteiger partial charge in [0.1, 0.15) is 30.7 Å². The summed E-state index contributed by atoms with van der Waals surface area (Å²) < 4.78 is 17.0. The molecule has 9 heteroatoms. The molecule has 1 amide bonds. The van der Waals surface area contributed by atoms with Crippen molar-refractivity contribution in [1.29, 1.82) is 0 Å². The van der Waals surface area contributed by atoms with E-state index in [1.807, 2.05) is 0 Å². The molecule has 1 aliphatic heterocycles. The van der Waals surface area contributed by atoms with E-state index in [1.165, 1.54) is 17.6 Å². The quantitative estimate of drug-likeness (QED) is 0.644. The molecule has 1 aliphatic rings. The van der Waals surface area contributed by atoms with Crippen molar-refractivity contribution in [3.05, 3.63) is 29.2 Å². The topological polar surface area (TPSA) is 64.1 Å². The molecule has 28 heavy (non-hydrogen) atoms. The van der Waals surface area contributed by atoms with Gasteiger partial charge in [0.25, 0.3) is 5.91 Å². The molecule has 152 valence electrons. The smallest absolute Gasteiger partial charge is 0.298 e. The van der Waals surface area contributed by atoms with Crippen molar-refractivity contribution in [2.75, 3.05) is 51.4 Å². The van der Waals surface area contributed by atoms with Crippen molar-refractivity contribution in [3.8, 4) is 5.75 Å². The fourth-order valence-corrected chi connectivity index (χ4v) is 4.18. The van der Waals surface area contributed by atoms with E-state index in [-0.39, 0.29) is 11.7 Å². The summed E-state index contributed by atoms with van der Waals surface area (Å²) in [5.74, 6) is 0.527. The maximum Gasteiger partial charge on any atom is 0.298 e. The second-order valence-electron chi connectivity index (χ2n) is 6.11. The van der Waals surface area contributed by atoms with Gasteiger partial charge >= 0.3 is 0 Å². The average molecular weight is 426 g/mol. The van der Waals surface area contributed by atoms with Crippen molar-refractivity contribution >= 4 is 44.2 Å². The number of thiazole rings is 1. The number of fused-ring (bicyclic) bond motifs is 1. The highest BCUT2D eigenvalue weighted by Gasteiger charge is 2.27. The number of hydrogen-bond acceptors (Lipinski definition) is 7. The number of carbonyl (C=O) groups excluding carboxylic acids is 1. The van der Waals surface area contributed by atoms with Gasteiger partial charge < -0.3 is 19.1 Å². The van der Waals surface area contributed by atoms with Crippen LogP contribution in [-0.2, 0) is 14.3 Å². The van der Waals surface area contributed by atoms with Crippen LogP contribution in [0.25, 0.3) is 10.2 Å². The molecule has 0 saturated heterocycles. The van der Waals surface area contributed by atoms with Crippen LogP contribution in [0.4, 0.5) is 5.13 Å². The minimum atomic E-state index is -0.277. The molecule has 0 N–H and O–H groups in total. The molecule has 1 aromatic heterocycles. The van der Waals surface area contributed by atoms with Crippen molar-refractivity contribution in [3.63, 3.8) is 0 Å². The number of likely N-dealkylation sites (N-methyl/N-ethyl adjacent to an activating group) is 1. The van der Waals surface area contributed by atoms with E-state index in [0.717, 1.165) is 17.8 Å². The Bertz CT molecular complexity index is 866. The highest BCUT2D eigenvalue weighted by atomic mass is 35.5. The summed E-state index contributed by atoms with van der Waals surface area (Å²) >= 11 is 7.71. The maximum atomic E-state index is 13.1. The molecule has 2 aromatic rings. The Labute approximate surface area is 173 Å². The molecule has 0 bridgehead atoms. The summed E-state index contributed by atoms with van der Waals surface area (Å²) in [5, 5.41) is 1.13. The number of rotatable bonds is 8. The first kappa shape index (κ1) is 20.7. The van der Waals surface area contributed by atoms with Crippen molar-refractivity contribution < 1.29 is 19.0 Å². The fraction of sp³-hybridized carbons (Fsp3) is 0.474. The van der Waals surface area contributed by atoms with E-state index in [1.54, 1.807) is 24.1 Å². The lowest BCUT2D eigenvalue weighted by molar-refractivity contribution is -0.119. The first-order valence-electron chi connectivity index (χ1n) is 9.20. The highest BCUT2D eigenvalue weighted by molar-refractivity contribution is 7.23. The number of aromatic nitrogens is 1. The van der Waals surface area contributed by atoms with Gasteiger partial charge in [-0.3, -0.25) is 9.69 Å². The summed E-state index contributed by atoms with van der Waals surface area (Å²) in [6.07, 6.45) is 1.37. The van der Waals surface area contributed by atoms with Crippen molar-refractivity contribution in [1.82, 2.24) is 9.88 Å². The Morgan fingerprint density at radius 3 is 2.71 bits per heavy atom. The molecule has 0 atom stereocenters. The van der Waals surface area contributed by atoms with E-state index in [0.29, 0.717) is 47.7 Å². The normalized spacial score (nSPS) is 13.8. The minimum absolute atomic E-state index is 0.183. The zero-order chi connectivity index (χ0) is 20.1. The Kier molecular flexibility index (Phi) is 6.98. The van der Waals surface area contributed by atoms with Crippen LogP contribution >= 0.6 is 22.9 Å². The van der Waals surface area contributed by atoms with Gasteiger partial charge in [0.15, 0.2) is 5.13 Å². The van der Waals surface area contributed by atoms with Gasteiger partial charge in [0.2, 0.25) is 5.76 Å². The van der Waals surface area contributed by atoms with Crippen LogP contribution in [0.3, 0.4) is 0 Å². The Hall–Kier alpha value is -2.03. The molecule has 2 heterocycles. The number of nitrogens with zero attached hydrogens (tertiary/aromatic N) is 3. The van der Waals surface area contributed by atoms with Crippen LogP contribution in [0, 0.1) is 0 Å². The summed E-state index contributed by atoms with van der Waals surface area (Å²) in [6.45, 7) is 7.97. The summed E-state index contributed by atoms with van der Waals surface area (Å²) in [4.78, 5) is 21.7. The van der Waals surface area contributed by atoms with Crippen molar-refractivity contribution in [2.45, 2.75) is 13.8 Å². The van der Waals surface area contributed by atoms with Crippen LogP contribution < -0.4 is 9.64 Å². The molecular weight excluding hydrogens is 402 g/mol. The predicted octanol–water partition coefficient (Wildman–Crippen LogP) is 3.52. The van der Waals surface area contributed by atoms with Crippen LogP contribution in [0.2, 0.25) is 5.02 Å². The van der Waals surface area contributed by atoms with Crippen LogP contribution in [0.5, 0.6) is 5.75 Å². The lowest BCUT2D eigenvalue weighted by Gasteiger charge is -2.26. The molecule has 0 radical (unpaired) electrons. The van der Waals surface area contributed by atoms with Crippen LogP contribution in [0.1, 0.15) is 13.8 Å². The van der Waals surface area contributed by atoms with Gasteiger partial charge in [-0.25, -0.2) is 4.98 Å². The van der Waals surface area contributed by atoms with E-state index >= 15 is 0 Å². The summed E-state index contributed by atoms with van der Waals surface area (Å²) in [6, 6.07) is 3.55. The molecule has 1 aromatic carbocycles. The number of halogens is 1. The zero-order valence-electron chi connectivity index (χ0n) is 16.2. The van der Waals surface area contributed by atoms with Gasteiger partial charge in [-0.15, -0.1) is 0 Å². The minimum Gasteiger partial charge on any atom is -0.494 e. The van der Waals surface area contributed by atoms with Gasteiger partial charge in [-0.05, 0) is 25.2 Å². The van der Waals surface area contributed by atoms with E-state index in [9.17, 15) is 4.79 Å². The van der Waals surface area contributed by atoms with E-state index in [2.05, 4.69) is 23.7 Å². The Balaban J connectivity index is 1.97. The largest absolute Gasteiger partial charge is 0.494 e. The maximum absolute atomic E-state index is 13.1. The molecular formula is C19H24ClN3O4S. The third kappa shape index (κ3) is 4.34. The zero-order valence-corrected chi connectivity index (χ0v) is 17.8. The van der Waals surface area contributed by atoms with E-state index < -0.39 is 0 Å². The van der Waals surface area contributed by atoms with E-state index in [4.69, 9.17) is 25.8 Å². The lowest BCUT2D eigenvalue weighted by atomic mass is 10.3. The Morgan fingerprint density at radius 1 is 1.29 bits per heavy atom. The number of amides is 1. The van der Waals surface area contributed by atoms with Gasteiger partial charge in [-0.2, -0.15) is 0 Å². The van der Waals surface area contributed by atoms with Gasteiger partial charge in [0.05, 0.1) is 16.8 Å². The molecule has 0 unspecified atom stereocenters. The lowest BCUT2D eigenvalue weighted by Crippen LogP contribution is -2.40. The second kappa shape index (κ2) is 9.45. The van der Waals surface area contributed by atoms with Gasteiger partial charge in [0, 0.05) is 13.1 Å². The summed E-state index contributed by atoms with van der Waals surface area (Å²) in [7, 11) is 1.59. The number of hydrogen-bond donors (Lipinski definition) is 0. The van der Waals surface area contributed by atoms with Crippen LogP contribution in [-0.4, -0.2) is 62.3 Å². The number of carbonyl (C=O) groups is 1. The average Bonchev–Trinajstić information content (AvgIpc) is 3.18. The standard InChI is InChI=1S/C19H24ClN3O4S/c1-4-22(5-2)8-9-23(18(24)15-12-26-10-11-27-15)19-21-16-14(25-3)7-6-13(20)17(16)28-19/h6-7,12H,4-5,8-11H2,1-3H3. The molecule has 0 fully saturated rings. The molecule has 0 aliphatic carbocycles. The molecule has 7 nitrogen and oxygen atoms in total. The number of anilines is 1. The second-order valence-corrected chi connectivity index (χ2v) is 7.49. The first-order chi connectivity index (χ1) is 13.6. The number of ether oxygens (including phenoxy) is 3. The predicted molar refractivity (Wildman–Crippen MR) is 111 cm³/mol. The molecule has 0 saturated carbocycles. The number of benzene rings is 1. The fourth-order valence-electron chi connectivity index (χ4n) is 2.90. The molecule has 3 rings (SSSR count). The van der Waals surface area contributed by atoms with Gasteiger partial charge in [-0.1, -0.05) is 36.8 Å². The summed E-state index contributed by atoms with van der Waals surface area (Å²) in [5.41, 5.74) is 0.644. The Morgan fingerprint density at radius 2 is 2.07 bits per heavy atom. The van der Waals surface area contributed by atoms with Crippen molar-refractivity contribution in [2.24, 2.45) is 0 Å². The third-order valence-corrected chi connectivity index (χ3v) is 6.08.